The molecule has 0 amide bonds. The van der Waals surface area contributed by atoms with Crippen LogP contribution < -0.4 is 5.32 Å². The summed E-state index contributed by atoms with van der Waals surface area (Å²) < 4.78 is 0. The molecule has 0 aromatic heterocycles. The molecule has 0 unspecified atom stereocenters. The van der Waals surface area contributed by atoms with Crippen molar-refractivity contribution < 1.29 is 5.11 Å². The van der Waals surface area contributed by atoms with Gasteiger partial charge >= 0.3 is 0 Å². The molecule has 1 rings (SSSR count). The highest BCUT2D eigenvalue weighted by Gasteiger charge is 2.05. The van der Waals surface area contributed by atoms with Crippen molar-refractivity contribution in [3.63, 3.8) is 0 Å². The molecule has 1 aromatic carbocycles. The number of thiocarbonyl (C=S) groups is 1. The number of rotatable bonds is 2. The average Bonchev–Trinajstić information content (AvgIpc) is 2.01. The van der Waals surface area contributed by atoms with Crippen LogP contribution in [0.2, 0.25) is 10.0 Å². The number of phenols is 1. The maximum atomic E-state index is 9.17. The van der Waals surface area contributed by atoms with Gasteiger partial charge in [0.1, 0.15) is 0 Å². The average molecular weight is 222 g/mol. The van der Waals surface area contributed by atoms with E-state index in [1.54, 1.807) is 0 Å². The highest BCUT2D eigenvalue weighted by molar-refractivity contribution is 7.79. The van der Waals surface area contributed by atoms with E-state index in [0.717, 1.165) is 0 Å². The van der Waals surface area contributed by atoms with Gasteiger partial charge in [-0.25, -0.2) is 0 Å². The molecule has 12 heavy (non-hydrogen) atoms. The van der Waals surface area contributed by atoms with E-state index in [4.69, 9.17) is 23.2 Å². The van der Waals surface area contributed by atoms with Gasteiger partial charge in [0.15, 0.2) is 5.75 Å². The molecule has 64 valence electrons. The summed E-state index contributed by atoms with van der Waals surface area (Å²) in [7, 11) is 0. The van der Waals surface area contributed by atoms with Gasteiger partial charge in [-0.05, 0) is 12.1 Å². The summed E-state index contributed by atoms with van der Waals surface area (Å²) in [6.45, 7) is 0. The lowest BCUT2D eigenvalue weighted by Crippen LogP contribution is -1.91. The second-order valence-corrected chi connectivity index (χ2v) is 3.10. The molecule has 0 aliphatic rings. The molecule has 1 aromatic rings. The van der Waals surface area contributed by atoms with Crippen LogP contribution in [0.4, 0.5) is 5.69 Å². The quantitative estimate of drug-likeness (QED) is 0.595. The van der Waals surface area contributed by atoms with Crippen molar-refractivity contribution in [1.29, 1.82) is 0 Å². The Bertz CT molecular complexity index is 293. The van der Waals surface area contributed by atoms with Crippen LogP contribution in [0.3, 0.4) is 0 Å². The van der Waals surface area contributed by atoms with E-state index in [1.165, 1.54) is 17.6 Å². The minimum Gasteiger partial charge on any atom is -0.505 e. The van der Waals surface area contributed by atoms with Crippen LogP contribution in [0, 0.1) is 0 Å². The van der Waals surface area contributed by atoms with Gasteiger partial charge in [-0.1, -0.05) is 35.4 Å². The van der Waals surface area contributed by atoms with E-state index in [-0.39, 0.29) is 15.8 Å². The second kappa shape index (κ2) is 3.94. The summed E-state index contributed by atoms with van der Waals surface area (Å²) in [6, 6.07) is 3.07. The number of anilines is 1. The zero-order valence-electron chi connectivity index (χ0n) is 5.84. The zero-order valence-corrected chi connectivity index (χ0v) is 8.17. The fraction of sp³-hybridized carbons (Fsp3) is 0. The number of aromatic hydroxyl groups is 1. The summed E-state index contributed by atoms with van der Waals surface area (Å²) in [5.74, 6) is -0.117. The zero-order chi connectivity index (χ0) is 9.14. The van der Waals surface area contributed by atoms with E-state index < -0.39 is 0 Å². The van der Waals surface area contributed by atoms with Gasteiger partial charge < -0.3 is 10.4 Å². The molecule has 0 atom stereocenters. The first-order chi connectivity index (χ1) is 5.65. The highest BCUT2D eigenvalue weighted by Crippen LogP contribution is 2.34. The number of halogens is 2. The molecular formula is C7H5Cl2NOS. The van der Waals surface area contributed by atoms with Crippen molar-refractivity contribution in [1.82, 2.24) is 0 Å². The number of phenolic OH excluding ortho intramolecular Hbond substituents is 1. The second-order valence-electron chi connectivity index (χ2n) is 2.05. The molecule has 0 saturated carbocycles. The van der Waals surface area contributed by atoms with Crippen LogP contribution >= 0.6 is 35.4 Å². The normalized spacial score (nSPS) is 9.50. The lowest BCUT2D eigenvalue weighted by Gasteiger charge is -2.03. The van der Waals surface area contributed by atoms with Gasteiger partial charge in [-0.2, -0.15) is 0 Å². The van der Waals surface area contributed by atoms with Crippen LogP contribution in [-0.2, 0) is 0 Å². The Labute approximate surface area is 85.1 Å². The van der Waals surface area contributed by atoms with Crippen LogP contribution in [-0.4, -0.2) is 10.6 Å². The van der Waals surface area contributed by atoms with Crippen LogP contribution in [0.15, 0.2) is 12.1 Å². The molecule has 0 spiro atoms. The predicted molar refractivity (Wildman–Crippen MR) is 55.4 cm³/mol. The fourth-order valence-electron chi connectivity index (χ4n) is 0.717. The smallest absolute Gasteiger partial charge is 0.152 e. The van der Waals surface area contributed by atoms with E-state index in [0.29, 0.717) is 5.69 Å². The van der Waals surface area contributed by atoms with E-state index in [1.807, 2.05) is 0 Å². The number of benzene rings is 1. The minimum atomic E-state index is -0.117. The molecule has 0 aliphatic heterocycles. The third kappa shape index (κ3) is 2.00. The molecule has 0 radical (unpaired) electrons. The van der Waals surface area contributed by atoms with E-state index in [2.05, 4.69) is 17.5 Å². The topological polar surface area (TPSA) is 32.3 Å². The number of nitrogens with one attached hydrogen (secondary N) is 1. The molecule has 2 nitrogen and oxygen atoms in total. The van der Waals surface area contributed by atoms with Crippen molar-refractivity contribution >= 4 is 46.6 Å². The van der Waals surface area contributed by atoms with E-state index >= 15 is 0 Å². The van der Waals surface area contributed by atoms with E-state index in [9.17, 15) is 5.11 Å². The summed E-state index contributed by atoms with van der Waals surface area (Å²) in [5, 5.41) is 12.3. The van der Waals surface area contributed by atoms with Crippen molar-refractivity contribution in [3.8, 4) is 5.75 Å². The molecule has 0 fully saturated rings. The van der Waals surface area contributed by atoms with Crippen LogP contribution in [0.5, 0.6) is 5.75 Å². The first kappa shape index (κ1) is 9.58. The van der Waals surface area contributed by atoms with Gasteiger partial charge in [0.2, 0.25) is 0 Å². The van der Waals surface area contributed by atoms with Gasteiger partial charge in [0.25, 0.3) is 0 Å². The third-order valence-electron chi connectivity index (χ3n) is 1.24. The monoisotopic (exact) mass is 221 g/mol. The number of hydrogen-bond donors (Lipinski definition) is 2. The molecular weight excluding hydrogens is 217 g/mol. The molecule has 0 saturated heterocycles. The standard InChI is InChI=1S/C7H5Cl2NOS/c8-5-1-4(10-3-12)2-6(9)7(5)11/h1-3,11H,(H,10,12). The Balaban J connectivity index is 3.11. The number of hydrogen-bond acceptors (Lipinski definition) is 2. The minimum absolute atomic E-state index is 0.117. The van der Waals surface area contributed by atoms with Crippen molar-refractivity contribution in [2.45, 2.75) is 0 Å². The Kier molecular flexibility index (Phi) is 3.14. The maximum Gasteiger partial charge on any atom is 0.152 e. The van der Waals surface area contributed by atoms with Crippen LogP contribution in [0.1, 0.15) is 0 Å². The lowest BCUT2D eigenvalue weighted by atomic mass is 10.3. The Morgan fingerprint density at radius 1 is 1.33 bits per heavy atom. The first-order valence-corrected chi connectivity index (χ1v) is 4.26. The lowest BCUT2D eigenvalue weighted by molar-refractivity contribution is 0.476. The largest absolute Gasteiger partial charge is 0.505 e. The Hall–Kier alpha value is -0.510. The Morgan fingerprint density at radius 3 is 2.25 bits per heavy atom. The molecule has 5 heteroatoms. The summed E-state index contributed by atoms with van der Waals surface area (Å²) >= 11 is 15.8. The highest BCUT2D eigenvalue weighted by atomic mass is 35.5. The van der Waals surface area contributed by atoms with Gasteiger partial charge in [0.05, 0.1) is 15.5 Å². The van der Waals surface area contributed by atoms with Crippen molar-refractivity contribution in [2.75, 3.05) is 5.32 Å². The molecule has 2 N–H and O–H groups in total. The Morgan fingerprint density at radius 2 is 1.83 bits per heavy atom. The SMILES string of the molecule is Oc1c(Cl)cc(NC=S)cc1Cl. The predicted octanol–water partition coefficient (Wildman–Crippen LogP) is 3.07. The van der Waals surface area contributed by atoms with Crippen molar-refractivity contribution in [3.05, 3.63) is 22.2 Å². The maximum absolute atomic E-state index is 9.17. The summed E-state index contributed by atoms with van der Waals surface area (Å²) in [6.07, 6.45) is 0. The van der Waals surface area contributed by atoms with Gasteiger partial charge in [-0.3, -0.25) is 0 Å². The van der Waals surface area contributed by atoms with Gasteiger partial charge in [-0.15, -0.1) is 0 Å². The molecule has 0 heterocycles. The molecule has 0 bridgehead atoms. The van der Waals surface area contributed by atoms with Crippen molar-refractivity contribution in [2.24, 2.45) is 0 Å². The fourth-order valence-corrected chi connectivity index (χ4v) is 1.34. The van der Waals surface area contributed by atoms with Gasteiger partial charge in [0, 0.05) is 5.69 Å². The summed E-state index contributed by atoms with van der Waals surface area (Å²) in [5.41, 5.74) is 1.98. The van der Waals surface area contributed by atoms with Crippen LogP contribution in [0.25, 0.3) is 0 Å². The first-order valence-electron chi connectivity index (χ1n) is 3.03. The third-order valence-corrected chi connectivity index (χ3v) is 1.94. The molecule has 0 aliphatic carbocycles. The summed E-state index contributed by atoms with van der Waals surface area (Å²) in [4.78, 5) is 0.